The molecule has 1 aliphatic heterocycles. The molecule has 0 bridgehead atoms. The Morgan fingerprint density at radius 2 is 2.00 bits per heavy atom. The zero-order chi connectivity index (χ0) is 24.9. The van der Waals surface area contributed by atoms with Gasteiger partial charge in [0.1, 0.15) is 6.61 Å². The van der Waals surface area contributed by atoms with E-state index in [2.05, 4.69) is 11.4 Å². The fourth-order valence-corrected chi connectivity index (χ4v) is 5.59. The molecular formula is C27H31NO6S. The molecule has 0 spiro atoms. The van der Waals surface area contributed by atoms with E-state index in [0.29, 0.717) is 60.8 Å². The molecule has 0 unspecified atom stereocenters. The van der Waals surface area contributed by atoms with Crippen LogP contribution in [0.25, 0.3) is 0 Å². The summed E-state index contributed by atoms with van der Waals surface area (Å²) in [5.74, 6) is -0.700. The second kappa shape index (κ2) is 11.1. The average Bonchev–Trinajstić information content (AvgIpc) is 3.37. The highest BCUT2D eigenvalue weighted by Gasteiger charge is 2.41. The molecule has 0 fully saturated rings. The number of thiophene rings is 1. The third kappa shape index (κ3) is 5.28. The number of benzene rings is 1. The number of aromatic hydroxyl groups is 1. The van der Waals surface area contributed by atoms with Crippen LogP contribution in [0, 0.1) is 0 Å². The molecule has 4 rings (SSSR count). The number of dihydropyridines is 1. The van der Waals surface area contributed by atoms with Gasteiger partial charge in [-0.05, 0) is 56.3 Å². The van der Waals surface area contributed by atoms with Gasteiger partial charge in [0.15, 0.2) is 17.3 Å². The Hall–Kier alpha value is -3.10. The predicted molar refractivity (Wildman–Crippen MR) is 134 cm³/mol. The number of hydrogen-bond donors (Lipinski definition) is 2. The second-order valence-corrected chi connectivity index (χ2v) is 9.50. The van der Waals surface area contributed by atoms with Gasteiger partial charge in [0.2, 0.25) is 0 Å². The first-order valence-corrected chi connectivity index (χ1v) is 12.8. The van der Waals surface area contributed by atoms with E-state index in [1.165, 1.54) is 10.9 Å². The molecule has 8 heteroatoms. The number of hydrogen-bond acceptors (Lipinski definition) is 8. The van der Waals surface area contributed by atoms with Crippen LogP contribution in [-0.2, 0) is 19.1 Å². The van der Waals surface area contributed by atoms with Crippen molar-refractivity contribution >= 4 is 23.1 Å². The molecule has 2 atom stereocenters. The van der Waals surface area contributed by atoms with Crippen LogP contribution in [0.5, 0.6) is 11.5 Å². The van der Waals surface area contributed by atoms with Gasteiger partial charge >= 0.3 is 5.97 Å². The van der Waals surface area contributed by atoms with E-state index < -0.39 is 11.9 Å². The number of esters is 1. The number of ketones is 1. The number of carbonyl (C=O) groups is 2. The van der Waals surface area contributed by atoms with Crippen LogP contribution in [0.4, 0.5) is 0 Å². The van der Waals surface area contributed by atoms with E-state index in [9.17, 15) is 14.7 Å². The Labute approximate surface area is 209 Å². The van der Waals surface area contributed by atoms with Crippen molar-refractivity contribution in [1.82, 2.24) is 5.32 Å². The van der Waals surface area contributed by atoms with Crippen LogP contribution < -0.4 is 10.1 Å². The first kappa shape index (κ1) is 25.0. The van der Waals surface area contributed by atoms with Crippen LogP contribution in [0.1, 0.15) is 55.9 Å². The van der Waals surface area contributed by atoms with Gasteiger partial charge in [0.25, 0.3) is 0 Å². The van der Waals surface area contributed by atoms with Crippen LogP contribution in [-0.4, -0.2) is 43.3 Å². The van der Waals surface area contributed by atoms with E-state index in [1.807, 2.05) is 32.2 Å². The Kier molecular flexibility index (Phi) is 7.93. The zero-order valence-corrected chi connectivity index (χ0v) is 21.1. The molecule has 7 nitrogen and oxygen atoms in total. The number of carbonyl (C=O) groups excluding carboxylic acids is 2. The molecule has 1 aliphatic carbocycles. The minimum atomic E-state index is -0.623. The smallest absolute Gasteiger partial charge is 0.336 e. The van der Waals surface area contributed by atoms with Gasteiger partial charge in [-0.2, -0.15) is 0 Å². The fraction of sp³-hybridized carbons (Fsp3) is 0.407. The maximum Gasteiger partial charge on any atom is 0.336 e. The van der Waals surface area contributed by atoms with Crippen molar-refractivity contribution in [2.75, 3.05) is 26.4 Å². The van der Waals surface area contributed by atoms with Crippen molar-refractivity contribution in [1.29, 1.82) is 0 Å². The lowest BCUT2D eigenvalue weighted by atomic mass is 9.72. The van der Waals surface area contributed by atoms with E-state index in [4.69, 9.17) is 14.2 Å². The lowest BCUT2D eigenvalue weighted by Gasteiger charge is -2.36. The fourth-order valence-electron chi connectivity index (χ4n) is 4.76. The third-order valence-electron chi connectivity index (χ3n) is 6.28. The quantitative estimate of drug-likeness (QED) is 0.380. The molecule has 2 aromatic rings. The molecule has 2 heterocycles. The third-order valence-corrected chi connectivity index (χ3v) is 7.31. The Morgan fingerprint density at radius 1 is 1.17 bits per heavy atom. The minimum Gasteiger partial charge on any atom is -0.504 e. The number of allylic oxidation sites excluding steroid dienone is 3. The van der Waals surface area contributed by atoms with Gasteiger partial charge in [-0.3, -0.25) is 4.79 Å². The molecule has 186 valence electrons. The van der Waals surface area contributed by atoms with Gasteiger partial charge < -0.3 is 24.6 Å². The summed E-state index contributed by atoms with van der Waals surface area (Å²) >= 11 is 1.65. The monoisotopic (exact) mass is 497 g/mol. The Morgan fingerprint density at radius 3 is 2.71 bits per heavy atom. The summed E-state index contributed by atoms with van der Waals surface area (Å²) in [5, 5.41) is 15.6. The largest absolute Gasteiger partial charge is 0.504 e. The lowest BCUT2D eigenvalue weighted by molar-refractivity contribution is -0.140. The van der Waals surface area contributed by atoms with E-state index >= 15 is 0 Å². The predicted octanol–water partition coefficient (Wildman–Crippen LogP) is 4.79. The molecule has 2 aliphatic rings. The van der Waals surface area contributed by atoms with Crippen LogP contribution in [0.15, 0.2) is 58.3 Å². The number of phenols is 1. The van der Waals surface area contributed by atoms with Crippen molar-refractivity contribution < 1.29 is 28.9 Å². The number of phenolic OH excluding ortho intramolecular Hbond substituents is 1. The highest BCUT2D eigenvalue weighted by molar-refractivity contribution is 7.10. The zero-order valence-electron chi connectivity index (χ0n) is 20.3. The Bertz CT molecular complexity index is 1150. The van der Waals surface area contributed by atoms with E-state index in [-0.39, 0.29) is 24.1 Å². The minimum absolute atomic E-state index is 0.000279. The van der Waals surface area contributed by atoms with Gasteiger partial charge in [-0.25, -0.2) is 4.79 Å². The molecular weight excluding hydrogens is 466 g/mol. The highest BCUT2D eigenvalue weighted by Crippen LogP contribution is 2.47. The maximum atomic E-state index is 13.6. The van der Waals surface area contributed by atoms with Gasteiger partial charge in [0.05, 0.1) is 18.8 Å². The number of ether oxygens (including phenoxy) is 3. The summed E-state index contributed by atoms with van der Waals surface area (Å²) in [6.07, 6.45) is 1.05. The van der Waals surface area contributed by atoms with Crippen LogP contribution in [0.3, 0.4) is 0 Å². The molecule has 0 radical (unpaired) electrons. The summed E-state index contributed by atoms with van der Waals surface area (Å²) in [7, 11) is 0. The van der Waals surface area contributed by atoms with Gasteiger partial charge in [-0.1, -0.05) is 12.1 Å². The van der Waals surface area contributed by atoms with E-state index in [1.54, 1.807) is 23.5 Å². The van der Waals surface area contributed by atoms with Crippen molar-refractivity contribution in [2.24, 2.45) is 0 Å². The standard InChI is InChI=1S/C27H31NO6S/c1-4-32-10-11-34-27(31)24-16(3)28-19-13-18(23-7-6-12-35-23)14-21(30)26(19)25(24)17-8-9-20(29)22(15-17)33-5-2/h6-9,12,15,18,25,28-29H,4-5,10-11,13-14H2,1-3H3/t18-,25-/m1/s1. The molecule has 0 amide bonds. The van der Waals surface area contributed by atoms with Crippen molar-refractivity contribution in [3.05, 3.63) is 68.7 Å². The molecule has 1 aromatic heterocycles. The first-order valence-electron chi connectivity index (χ1n) is 11.9. The second-order valence-electron chi connectivity index (χ2n) is 8.53. The number of rotatable bonds is 9. The van der Waals surface area contributed by atoms with Crippen molar-refractivity contribution in [3.63, 3.8) is 0 Å². The average molecular weight is 498 g/mol. The number of nitrogens with one attached hydrogen (secondary N) is 1. The summed E-state index contributed by atoms with van der Waals surface area (Å²) in [5.41, 5.74) is 3.14. The summed E-state index contributed by atoms with van der Waals surface area (Å²) in [6, 6.07) is 9.04. The summed E-state index contributed by atoms with van der Waals surface area (Å²) < 4.78 is 16.4. The van der Waals surface area contributed by atoms with E-state index in [0.717, 1.165) is 5.70 Å². The maximum absolute atomic E-state index is 13.6. The van der Waals surface area contributed by atoms with Gasteiger partial charge in [-0.15, -0.1) is 11.3 Å². The summed E-state index contributed by atoms with van der Waals surface area (Å²) in [6.45, 7) is 6.87. The normalized spacial score (nSPS) is 19.9. The lowest BCUT2D eigenvalue weighted by Crippen LogP contribution is -2.36. The molecule has 2 N–H and O–H groups in total. The summed E-state index contributed by atoms with van der Waals surface area (Å²) in [4.78, 5) is 28.1. The first-order chi connectivity index (χ1) is 16.9. The van der Waals surface area contributed by atoms with Crippen LogP contribution >= 0.6 is 11.3 Å². The topological polar surface area (TPSA) is 94.1 Å². The molecule has 1 aromatic carbocycles. The van der Waals surface area contributed by atoms with Crippen molar-refractivity contribution in [3.8, 4) is 11.5 Å². The number of Topliss-reactive ketones (excluding diaryl/α,β-unsaturated/α-hetero) is 1. The Balaban J connectivity index is 1.75. The van der Waals surface area contributed by atoms with Crippen LogP contribution in [0.2, 0.25) is 0 Å². The highest BCUT2D eigenvalue weighted by atomic mass is 32.1. The van der Waals surface area contributed by atoms with Crippen molar-refractivity contribution in [2.45, 2.75) is 45.4 Å². The molecule has 35 heavy (non-hydrogen) atoms. The molecule has 0 saturated carbocycles. The van der Waals surface area contributed by atoms with Gasteiger partial charge in [0, 0.05) is 46.7 Å². The molecule has 0 saturated heterocycles. The SMILES string of the molecule is CCOCCOC(=O)C1=C(C)NC2=C(C(=O)C[C@H](c3cccs3)C2)[C@@H]1c1ccc(O)c(OCC)c1.